The van der Waals surface area contributed by atoms with E-state index in [1.165, 1.54) is 36.8 Å². The van der Waals surface area contributed by atoms with Gasteiger partial charge in [0.1, 0.15) is 0 Å². The molecule has 0 amide bonds. The molecule has 15 heavy (non-hydrogen) atoms. The van der Waals surface area contributed by atoms with Crippen molar-refractivity contribution < 1.29 is 0 Å². The third-order valence-electron chi connectivity index (χ3n) is 2.76. The predicted molar refractivity (Wildman–Crippen MR) is 67.0 cm³/mol. The minimum atomic E-state index is 0.790. The van der Waals surface area contributed by atoms with Crippen LogP contribution in [0.25, 0.3) is 0 Å². The van der Waals surface area contributed by atoms with Crippen LogP contribution in [0.5, 0.6) is 0 Å². The fourth-order valence-corrected chi connectivity index (χ4v) is 1.76. The largest absolute Gasteiger partial charge is 0.330 e. The number of rotatable bonds is 7. The first kappa shape index (κ1) is 12.3. The van der Waals surface area contributed by atoms with E-state index in [0.29, 0.717) is 0 Å². The summed E-state index contributed by atoms with van der Waals surface area (Å²) in [5, 5.41) is 0. The maximum atomic E-state index is 5.49. The first-order valence-corrected chi connectivity index (χ1v) is 6.14. The van der Waals surface area contributed by atoms with Crippen LogP contribution in [0.2, 0.25) is 0 Å². The van der Waals surface area contributed by atoms with E-state index >= 15 is 0 Å². The van der Waals surface area contributed by atoms with Crippen molar-refractivity contribution in [1.29, 1.82) is 0 Å². The van der Waals surface area contributed by atoms with Crippen molar-refractivity contribution in [2.45, 2.75) is 45.4 Å². The number of aryl methyl sites for hydroxylation is 2. The van der Waals surface area contributed by atoms with Crippen LogP contribution >= 0.6 is 0 Å². The molecule has 0 aliphatic heterocycles. The van der Waals surface area contributed by atoms with Crippen LogP contribution in [0.3, 0.4) is 0 Å². The normalized spacial score (nSPS) is 10.5. The van der Waals surface area contributed by atoms with Gasteiger partial charge in [0.2, 0.25) is 0 Å². The predicted octanol–water partition coefficient (Wildman–Crippen LogP) is 3.31. The molecule has 0 radical (unpaired) electrons. The molecule has 0 atom stereocenters. The van der Waals surface area contributed by atoms with Crippen LogP contribution in [0.4, 0.5) is 0 Å². The first-order valence-electron chi connectivity index (χ1n) is 6.14. The molecule has 1 aromatic rings. The second-order valence-electron chi connectivity index (χ2n) is 4.17. The van der Waals surface area contributed by atoms with Gasteiger partial charge in [0.15, 0.2) is 0 Å². The summed E-state index contributed by atoms with van der Waals surface area (Å²) in [5.41, 5.74) is 8.38. The van der Waals surface area contributed by atoms with Gasteiger partial charge in [0, 0.05) is 0 Å². The molecule has 0 saturated carbocycles. The van der Waals surface area contributed by atoms with Gasteiger partial charge >= 0.3 is 0 Å². The molecule has 1 rings (SSSR count). The number of benzene rings is 1. The highest BCUT2D eigenvalue weighted by Crippen LogP contribution is 2.09. The van der Waals surface area contributed by atoms with E-state index < -0.39 is 0 Å². The van der Waals surface area contributed by atoms with Crippen molar-refractivity contribution in [2.24, 2.45) is 5.73 Å². The van der Waals surface area contributed by atoms with Crippen molar-refractivity contribution >= 4 is 0 Å². The van der Waals surface area contributed by atoms with Gasteiger partial charge in [0.25, 0.3) is 0 Å². The Bertz CT molecular complexity index is 251. The van der Waals surface area contributed by atoms with Gasteiger partial charge in [-0.25, -0.2) is 0 Å². The van der Waals surface area contributed by atoms with Crippen molar-refractivity contribution in [3.63, 3.8) is 0 Å². The smallest absolute Gasteiger partial charge is 0.00741 e. The molecular weight excluding hydrogens is 182 g/mol. The summed E-state index contributed by atoms with van der Waals surface area (Å²) >= 11 is 0. The molecule has 1 nitrogen and oxygen atoms in total. The average molecular weight is 205 g/mol. The van der Waals surface area contributed by atoms with Gasteiger partial charge in [0.05, 0.1) is 0 Å². The number of hydrogen-bond acceptors (Lipinski definition) is 1. The zero-order chi connectivity index (χ0) is 10.9. The van der Waals surface area contributed by atoms with Gasteiger partial charge < -0.3 is 5.73 Å². The molecule has 0 spiro atoms. The highest BCUT2D eigenvalue weighted by atomic mass is 14.5. The lowest BCUT2D eigenvalue weighted by atomic mass is 10.0. The zero-order valence-electron chi connectivity index (χ0n) is 9.84. The second kappa shape index (κ2) is 7.47. The summed E-state index contributed by atoms with van der Waals surface area (Å²) < 4.78 is 0. The van der Waals surface area contributed by atoms with Gasteiger partial charge in [-0.3, -0.25) is 0 Å². The Hall–Kier alpha value is -0.820. The van der Waals surface area contributed by atoms with Crippen molar-refractivity contribution in [3.05, 3.63) is 35.4 Å². The van der Waals surface area contributed by atoms with Crippen molar-refractivity contribution in [2.75, 3.05) is 6.54 Å². The maximum absolute atomic E-state index is 5.49. The lowest BCUT2D eigenvalue weighted by Crippen LogP contribution is -2.00. The Kier molecular flexibility index (Phi) is 6.10. The van der Waals surface area contributed by atoms with E-state index in [9.17, 15) is 0 Å². The van der Waals surface area contributed by atoms with Crippen LogP contribution in [0, 0.1) is 0 Å². The van der Waals surface area contributed by atoms with Gasteiger partial charge in [-0.15, -0.1) is 0 Å². The highest BCUT2D eigenvalue weighted by molar-refractivity contribution is 5.22. The Balaban J connectivity index is 2.35. The van der Waals surface area contributed by atoms with Crippen LogP contribution in [0.15, 0.2) is 24.3 Å². The van der Waals surface area contributed by atoms with Gasteiger partial charge in [-0.2, -0.15) is 0 Å². The van der Waals surface area contributed by atoms with Crippen LogP contribution in [0.1, 0.15) is 43.7 Å². The number of nitrogens with two attached hydrogens (primary N) is 1. The van der Waals surface area contributed by atoms with Crippen LogP contribution < -0.4 is 5.73 Å². The lowest BCUT2D eigenvalue weighted by molar-refractivity contribution is 0.717. The number of hydrogen-bond donors (Lipinski definition) is 1. The Morgan fingerprint density at radius 1 is 0.867 bits per heavy atom. The summed E-state index contributed by atoms with van der Waals surface area (Å²) in [4.78, 5) is 0. The molecular formula is C14H23N. The number of unbranched alkanes of at least 4 members (excludes halogenated alkanes) is 2. The standard InChI is InChI=1S/C14H23N/c1-2-3-4-6-13-8-10-14(11-9-13)7-5-12-15/h8-11H,2-7,12,15H2,1H3. The summed E-state index contributed by atoms with van der Waals surface area (Å²) in [6.45, 7) is 3.04. The maximum Gasteiger partial charge on any atom is -0.00741 e. The minimum absolute atomic E-state index is 0.790. The fraction of sp³-hybridized carbons (Fsp3) is 0.571. The van der Waals surface area contributed by atoms with Gasteiger partial charge in [-0.05, 0) is 43.4 Å². The third kappa shape index (κ3) is 4.98. The van der Waals surface area contributed by atoms with E-state index in [2.05, 4.69) is 31.2 Å². The van der Waals surface area contributed by atoms with Crippen molar-refractivity contribution in [1.82, 2.24) is 0 Å². The van der Waals surface area contributed by atoms with Crippen LogP contribution in [-0.4, -0.2) is 6.54 Å². The first-order chi connectivity index (χ1) is 7.36. The Labute approximate surface area is 93.7 Å². The van der Waals surface area contributed by atoms with E-state index in [-0.39, 0.29) is 0 Å². The molecule has 0 heterocycles. The monoisotopic (exact) mass is 205 g/mol. The van der Waals surface area contributed by atoms with E-state index in [0.717, 1.165) is 19.4 Å². The molecule has 0 fully saturated rings. The SMILES string of the molecule is CCCCCc1ccc(CCCN)cc1. The second-order valence-corrected chi connectivity index (χ2v) is 4.17. The zero-order valence-corrected chi connectivity index (χ0v) is 9.84. The Morgan fingerprint density at radius 2 is 1.40 bits per heavy atom. The van der Waals surface area contributed by atoms with E-state index in [4.69, 9.17) is 5.73 Å². The summed E-state index contributed by atoms with van der Waals surface area (Å²) in [6, 6.07) is 9.02. The van der Waals surface area contributed by atoms with Gasteiger partial charge in [-0.1, -0.05) is 44.0 Å². The molecule has 84 valence electrons. The molecule has 0 bridgehead atoms. The average Bonchev–Trinajstić information content (AvgIpc) is 2.28. The summed E-state index contributed by atoms with van der Waals surface area (Å²) in [6.07, 6.45) is 7.40. The minimum Gasteiger partial charge on any atom is -0.330 e. The van der Waals surface area contributed by atoms with Crippen LogP contribution in [-0.2, 0) is 12.8 Å². The fourth-order valence-electron chi connectivity index (χ4n) is 1.76. The molecule has 0 unspecified atom stereocenters. The Morgan fingerprint density at radius 3 is 1.87 bits per heavy atom. The molecule has 2 N–H and O–H groups in total. The third-order valence-corrected chi connectivity index (χ3v) is 2.76. The molecule has 1 aromatic carbocycles. The molecule has 1 heteroatoms. The molecule has 0 saturated heterocycles. The summed E-state index contributed by atoms with van der Waals surface area (Å²) in [7, 11) is 0. The molecule has 0 aliphatic rings. The summed E-state index contributed by atoms with van der Waals surface area (Å²) in [5.74, 6) is 0. The topological polar surface area (TPSA) is 26.0 Å². The highest BCUT2D eigenvalue weighted by Gasteiger charge is 1.95. The van der Waals surface area contributed by atoms with Crippen molar-refractivity contribution in [3.8, 4) is 0 Å². The molecule has 0 aromatic heterocycles. The quantitative estimate of drug-likeness (QED) is 0.679. The lowest BCUT2D eigenvalue weighted by Gasteiger charge is -2.03. The molecule has 0 aliphatic carbocycles. The van der Waals surface area contributed by atoms with E-state index in [1.807, 2.05) is 0 Å². The van der Waals surface area contributed by atoms with E-state index in [1.54, 1.807) is 0 Å².